The van der Waals surface area contributed by atoms with Crippen molar-refractivity contribution in [3.05, 3.63) is 39.7 Å². The number of benzene rings is 1. The Bertz CT molecular complexity index is 729. The van der Waals surface area contributed by atoms with Crippen LogP contribution < -0.4 is 15.2 Å². The Labute approximate surface area is 136 Å². The van der Waals surface area contributed by atoms with Crippen molar-refractivity contribution in [1.82, 2.24) is 0 Å². The molecule has 21 heavy (non-hydrogen) atoms. The van der Waals surface area contributed by atoms with Crippen LogP contribution in [-0.2, 0) is 16.4 Å². The minimum absolute atomic E-state index is 0.276. The summed E-state index contributed by atoms with van der Waals surface area (Å²) in [5, 5.41) is 0. The fourth-order valence-electron chi connectivity index (χ4n) is 1.71. The Morgan fingerprint density at radius 2 is 2.10 bits per heavy atom. The number of nitrogens with one attached hydrogen (secondary N) is 1. The second kappa shape index (κ2) is 6.78. The third kappa shape index (κ3) is 3.97. The number of hydrogen-bond donors (Lipinski definition) is 2. The van der Waals surface area contributed by atoms with E-state index in [0.717, 1.165) is 4.88 Å². The van der Waals surface area contributed by atoms with Gasteiger partial charge in [0.25, 0.3) is 10.0 Å². The van der Waals surface area contributed by atoms with Crippen LogP contribution in [0.5, 0.6) is 5.75 Å². The molecule has 3 N–H and O–H groups in total. The lowest BCUT2D eigenvalue weighted by Crippen LogP contribution is -2.11. The van der Waals surface area contributed by atoms with Crippen LogP contribution in [-0.4, -0.2) is 22.1 Å². The van der Waals surface area contributed by atoms with Crippen molar-refractivity contribution in [1.29, 1.82) is 0 Å². The van der Waals surface area contributed by atoms with Gasteiger partial charge in [-0.05, 0) is 59.2 Å². The quantitative estimate of drug-likeness (QED) is 0.794. The highest BCUT2D eigenvalue weighted by Gasteiger charge is 2.17. The largest absolute Gasteiger partial charge is 0.496 e. The molecular formula is C13H15BrN2O3S2. The molecule has 5 nitrogen and oxygen atoms in total. The van der Waals surface area contributed by atoms with E-state index >= 15 is 0 Å². The summed E-state index contributed by atoms with van der Waals surface area (Å²) >= 11 is 4.55. The lowest BCUT2D eigenvalue weighted by molar-refractivity contribution is 0.412. The number of ether oxygens (including phenoxy) is 1. The third-order valence-electron chi connectivity index (χ3n) is 2.70. The van der Waals surface area contributed by atoms with Gasteiger partial charge in [0.2, 0.25) is 0 Å². The molecule has 8 heteroatoms. The molecule has 114 valence electrons. The molecule has 0 atom stereocenters. The molecule has 2 aromatic rings. The van der Waals surface area contributed by atoms with Crippen molar-refractivity contribution in [2.45, 2.75) is 10.6 Å². The average molecular weight is 391 g/mol. The van der Waals surface area contributed by atoms with Gasteiger partial charge in [0.1, 0.15) is 9.96 Å². The Hall–Kier alpha value is -1.09. The molecule has 0 bridgehead atoms. The molecular weight excluding hydrogens is 376 g/mol. The molecule has 1 aromatic heterocycles. The number of rotatable bonds is 6. The second-order valence-corrected chi connectivity index (χ2v) is 8.15. The van der Waals surface area contributed by atoms with Crippen molar-refractivity contribution in [2.24, 2.45) is 5.73 Å². The average Bonchev–Trinajstić information content (AvgIpc) is 2.88. The smallest absolute Gasteiger partial charge is 0.271 e. The first-order valence-corrected chi connectivity index (χ1v) is 9.20. The molecule has 0 radical (unpaired) electrons. The van der Waals surface area contributed by atoms with Crippen LogP contribution in [0.2, 0.25) is 0 Å². The molecule has 0 amide bonds. The number of nitrogens with two attached hydrogens (primary N) is 1. The Kier molecular flexibility index (Phi) is 5.26. The van der Waals surface area contributed by atoms with Gasteiger partial charge in [-0.15, -0.1) is 11.3 Å². The Balaban J connectivity index is 2.22. The monoisotopic (exact) mass is 390 g/mol. The number of anilines is 1. The van der Waals surface area contributed by atoms with Crippen LogP contribution in [0.3, 0.4) is 0 Å². The molecule has 0 fully saturated rings. The van der Waals surface area contributed by atoms with Gasteiger partial charge in [-0.2, -0.15) is 0 Å². The maximum Gasteiger partial charge on any atom is 0.271 e. The zero-order valence-electron chi connectivity index (χ0n) is 11.3. The fraction of sp³-hybridized carbons (Fsp3) is 0.231. The predicted octanol–water partition coefficient (Wildman–Crippen LogP) is 2.82. The SMILES string of the molecule is COc1ccc(NS(=O)(=O)c2ccc(CCN)s2)cc1Br. The van der Waals surface area contributed by atoms with Gasteiger partial charge in [-0.1, -0.05) is 0 Å². The second-order valence-electron chi connectivity index (χ2n) is 4.21. The van der Waals surface area contributed by atoms with E-state index in [2.05, 4.69) is 20.7 Å². The first-order chi connectivity index (χ1) is 9.96. The van der Waals surface area contributed by atoms with Gasteiger partial charge < -0.3 is 10.5 Å². The van der Waals surface area contributed by atoms with Gasteiger partial charge in [0.15, 0.2) is 0 Å². The van der Waals surface area contributed by atoms with Crippen LogP contribution in [0.15, 0.2) is 39.0 Å². The van der Waals surface area contributed by atoms with E-state index in [1.165, 1.54) is 11.3 Å². The number of sulfonamides is 1. The van der Waals surface area contributed by atoms with Gasteiger partial charge in [0.05, 0.1) is 17.3 Å². The van der Waals surface area contributed by atoms with Gasteiger partial charge in [-0.3, -0.25) is 4.72 Å². The summed E-state index contributed by atoms with van der Waals surface area (Å²) in [7, 11) is -2.03. The number of methoxy groups -OCH3 is 1. The number of thiophene rings is 1. The predicted molar refractivity (Wildman–Crippen MR) is 88.6 cm³/mol. The standard InChI is InChI=1S/C13H15BrN2O3S2/c1-19-12-4-2-9(8-11(12)14)16-21(17,18)13-5-3-10(20-13)6-7-15/h2-5,8,16H,6-7,15H2,1H3. The molecule has 2 rings (SSSR count). The highest BCUT2D eigenvalue weighted by molar-refractivity contribution is 9.10. The zero-order chi connectivity index (χ0) is 15.5. The lowest BCUT2D eigenvalue weighted by atomic mass is 10.3. The molecule has 0 aliphatic carbocycles. The van der Waals surface area contributed by atoms with Gasteiger partial charge >= 0.3 is 0 Å². The summed E-state index contributed by atoms with van der Waals surface area (Å²) in [6.07, 6.45) is 0.675. The molecule has 0 aliphatic rings. The fourth-order valence-corrected chi connectivity index (χ4v) is 4.68. The van der Waals surface area contributed by atoms with E-state index in [1.807, 2.05) is 0 Å². The molecule has 0 spiro atoms. The van der Waals surface area contributed by atoms with E-state index in [9.17, 15) is 8.42 Å². The highest BCUT2D eigenvalue weighted by Crippen LogP contribution is 2.30. The third-order valence-corrected chi connectivity index (χ3v) is 6.33. The van der Waals surface area contributed by atoms with Crippen LogP contribution in [0.4, 0.5) is 5.69 Å². The van der Waals surface area contributed by atoms with Crippen LogP contribution in [0.1, 0.15) is 4.88 Å². The van der Waals surface area contributed by atoms with E-state index in [1.54, 1.807) is 37.4 Å². The minimum Gasteiger partial charge on any atom is -0.496 e. The summed E-state index contributed by atoms with van der Waals surface area (Å²) in [5.41, 5.74) is 5.94. The van der Waals surface area contributed by atoms with Gasteiger partial charge in [-0.25, -0.2) is 8.42 Å². The van der Waals surface area contributed by atoms with Crippen molar-refractivity contribution in [2.75, 3.05) is 18.4 Å². The van der Waals surface area contributed by atoms with E-state index < -0.39 is 10.0 Å². The molecule has 0 saturated heterocycles. The molecule has 0 saturated carbocycles. The maximum absolute atomic E-state index is 12.3. The minimum atomic E-state index is -3.58. The van der Waals surface area contributed by atoms with Crippen LogP contribution >= 0.6 is 27.3 Å². The van der Waals surface area contributed by atoms with Crippen LogP contribution in [0, 0.1) is 0 Å². The van der Waals surface area contributed by atoms with E-state index in [-0.39, 0.29) is 4.21 Å². The van der Waals surface area contributed by atoms with Crippen molar-refractivity contribution >= 4 is 43.0 Å². The first kappa shape index (κ1) is 16.3. The van der Waals surface area contributed by atoms with Gasteiger partial charge in [0, 0.05) is 4.88 Å². The maximum atomic E-state index is 12.3. The number of halogens is 1. The summed E-state index contributed by atoms with van der Waals surface area (Å²) in [6, 6.07) is 8.38. The zero-order valence-corrected chi connectivity index (χ0v) is 14.5. The Morgan fingerprint density at radius 3 is 2.71 bits per heavy atom. The Morgan fingerprint density at radius 1 is 1.33 bits per heavy atom. The molecule has 0 aliphatic heterocycles. The summed E-state index contributed by atoms with van der Waals surface area (Å²) in [6.45, 7) is 0.499. The van der Waals surface area contributed by atoms with E-state index in [4.69, 9.17) is 10.5 Å². The highest BCUT2D eigenvalue weighted by atomic mass is 79.9. The summed E-state index contributed by atoms with van der Waals surface area (Å²) < 4.78 is 33.2. The molecule has 1 heterocycles. The lowest BCUT2D eigenvalue weighted by Gasteiger charge is -2.08. The van der Waals surface area contributed by atoms with Crippen molar-refractivity contribution in [3.63, 3.8) is 0 Å². The molecule has 1 aromatic carbocycles. The topological polar surface area (TPSA) is 81.4 Å². The molecule has 0 unspecified atom stereocenters. The normalized spacial score (nSPS) is 11.4. The van der Waals surface area contributed by atoms with Crippen molar-refractivity contribution < 1.29 is 13.2 Å². The van der Waals surface area contributed by atoms with E-state index in [0.29, 0.717) is 28.9 Å². The summed E-state index contributed by atoms with van der Waals surface area (Å²) in [5.74, 6) is 0.638. The first-order valence-electron chi connectivity index (χ1n) is 6.11. The number of hydrogen-bond acceptors (Lipinski definition) is 5. The van der Waals surface area contributed by atoms with Crippen LogP contribution in [0.25, 0.3) is 0 Å². The van der Waals surface area contributed by atoms with Crippen molar-refractivity contribution in [3.8, 4) is 5.75 Å². The summed E-state index contributed by atoms with van der Waals surface area (Å²) in [4.78, 5) is 0.953.